The predicted molar refractivity (Wildman–Crippen MR) is 103 cm³/mol. The number of hydrogen-bond donors (Lipinski definition) is 1. The zero-order chi connectivity index (χ0) is 19.0. The summed E-state index contributed by atoms with van der Waals surface area (Å²) in [5, 5.41) is 3.44. The number of nitrogens with one attached hydrogen (secondary N) is 1. The first-order valence-electron chi connectivity index (χ1n) is 9.24. The van der Waals surface area contributed by atoms with E-state index >= 15 is 0 Å². The predicted octanol–water partition coefficient (Wildman–Crippen LogP) is 0.717. The number of nitrogens with zero attached hydrogens (tertiary/aromatic N) is 4. The number of carbonyl (C=O) groups excluding carboxylic acids is 1. The molecule has 7 heteroatoms. The van der Waals surface area contributed by atoms with E-state index in [-0.39, 0.29) is 12.5 Å². The molecule has 1 saturated heterocycles. The van der Waals surface area contributed by atoms with E-state index in [1.807, 2.05) is 0 Å². The van der Waals surface area contributed by atoms with E-state index in [1.165, 1.54) is 0 Å². The molecule has 1 fully saturated rings. The van der Waals surface area contributed by atoms with Gasteiger partial charge in [-0.2, -0.15) is 0 Å². The Morgan fingerprint density at radius 2 is 1.88 bits per heavy atom. The maximum Gasteiger partial charge on any atom is 0.243 e. The van der Waals surface area contributed by atoms with Gasteiger partial charge in [0.2, 0.25) is 5.91 Å². The molecule has 1 heterocycles. The standard InChI is InChI=1S/C18H37N5O2/c1-14(2)10-19-18(20-11-17(24)21(5)6)22-12-15(3)23(8-9-25-7)16(4)13-22/h14-16H,8-13H2,1-7H3,(H,19,20). The average molecular weight is 356 g/mol. The van der Waals surface area contributed by atoms with Gasteiger partial charge in [0.25, 0.3) is 0 Å². The molecule has 0 aliphatic carbocycles. The van der Waals surface area contributed by atoms with Crippen molar-refractivity contribution >= 4 is 11.9 Å². The fourth-order valence-electron chi connectivity index (χ4n) is 3.01. The Hall–Kier alpha value is -1.34. The third-order valence-corrected chi connectivity index (χ3v) is 4.49. The van der Waals surface area contributed by atoms with Gasteiger partial charge in [0, 0.05) is 59.5 Å². The summed E-state index contributed by atoms with van der Waals surface area (Å²) in [4.78, 5) is 22.9. The van der Waals surface area contributed by atoms with Crippen LogP contribution in [-0.4, -0.2) is 99.2 Å². The van der Waals surface area contributed by atoms with Crippen molar-refractivity contribution in [3.63, 3.8) is 0 Å². The van der Waals surface area contributed by atoms with Gasteiger partial charge in [-0.3, -0.25) is 9.69 Å². The van der Waals surface area contributed by atoms with Crippen molar-refractivity contribution in [2.45, 2.75) is 39.8 Å². The number of amides is 1. The quantitative estimate of drug-likeness (QED) is 0.539. The van der Waals surface area contributed by atoms with E-state index in [0.29, 0.717) is 18.0 Å². The fraction of sp³-hybridized carbons (Fsp3) is 0.889. The summed E-state index contributed by atoms with van der Waals surface area (Å²) in [6.07, 6.45) is 0. The van der Waals surface area contributed by atoms with Crippen LogP contribution in [0.3, 0.4) is 0 Å². The van der Waals surface area contributed by atoms with E-state index < -0.39 is 0 Å². The summed E-state index contributed by atoms with van der Waals surface area (Å²) in [6.45, 7) is 13.3. The number of hydrogen-bond acceptors (Lipinski definition) is 4. The first-order chi connectivity index (χ1) is 11.8. The Morgan fingerprint density at radius 1 is 1.28 bits per heavy atom. The molecule has 0 spiro atoms. The van der Waals surface area contributed by atoms with Gasteiger partial charge in [0.1, 0.15) is 6.54 Å². The number of piperazine rings is 1. The molecule has 1 N–H and O–H groups in total. The number of guanidine groups is 1. The molecule has 1 rings (SSSR count). The highest BCUT2D eigenvalue weighted by Gasteiger charge is 2.30. The molecule has 0 aromatic rings. The molecule has 2 unspecified atom stereocenters. The average Bonchev–Trinajstić information content (AvgIpc) is 2.53. The molecule has 146 valence electrons. The van der Waals surface area contributed by atoms with Gasteiger partial charge >= 0.3 is 0 Å². The second kappa shape index (κ2) is 10.6. The minimum atomic E-state index is 0.0173. The Labute approximate surface area is 153 Å². The second-order valence-electron chi connectivity index (χ2n) is 7.54. The lowest BCUT2D eigenvalue weighted by Crippen LogP contribution is -2.60. The molecule has 7 nitrogen and oxygen atoms in total. The highest BCUT2D eigenvalue weighted by Crippen LogP contribution is 2.15. The lowest BCUT2D eigenvalue weighted by Gasteiger charge is -2.45. The van der Waals surface area contributed by atoms with Crippen LogP contribution in [0.15, 0.2) is 4.99 Å². The van der Waals surface area contributed by atoms with Crippen LogP contribution in [0, 0.1) is 5.92 Å². The molecule has 1 aliphatic heterocycles. The molecule has 0 saturated carbocycles. The van der Waals surface area contributed by atoms with Crippen LogP contribution in [-0.2, 0) is 9.53 Å². The number of carbonyl (C=O) groups is 1. The van der Waals surface area contributed by atoms with Crippen LogP contribution in [0.1, 0.15) is 27.7 Å². The van der Waals surface area contributed by atoms with Crippen LogP contribution < -0.4 is 5.32 Å². The third kappa shape index (κ3) is 7.20. The summed E-state index contributed by atoms with van der Waals surface area (Å²) >= 11 is 0. The molecule has 2 atom stereocenters. The fourth-order valence-corrected chi connectivity index (χ4v) is 3.01. The highest BCUT2D eigenvalue weighted by atomic mass is 16.5. The molecule has 0 radical (unpaired) electrons. The van der Waals surface area contributed by atoms with Gasteiger partial charge in [-0.25, -0.2) is 4.99 Å². The first kappa shape index (κ1) is 21.7. The van der Waals surface area contributed by atoms with Gasteiger partial charge in [-0.05, 0) is 19.8 Å². The smallest absolute Gasteiger partial charge is 0.243 e. The van der Waals surface area contributed by atoms with Gasteiger partial charge < -0.3 is 19.9 Å². The van der Waals surface area contributed by atoms with Crippen molar-refractivity contribution in [3.05, 3.63) is 0 Å². The van der Waals surface area contributed by atoms with Crippen LogP contribution in [0.2, 0.25) is 0 Å². The number of likely N-dealkylation sites (N-methyl/N-ethyl adjacent to an activating group) is 1. The van der Waals surface area contributed by atoms with Crippen LogP contribution >= 0.6 is 0 Å². The monoisotopic (exact) mass is 355 g/mol. The highest BCUT2D eigenvalue weighted by molar-refractivity contribution is 5.85. The summed E-state index contributed by atoms with van der Waals surface area (Å²) in [6, 6.07) is 0.823. The van der Waals surface area contributed by atoms with Gasteiger partial charge in [0.15, 0.2) is 5.96 Å². The minimum Gasteiger partial charge on any atom is -0.383 e. The molecular formula is C18H37N5O2. The maximum atomic E-state index is 11.9. The van der Waals surface area contributed by atoms with Gasteiger partial charge in [-0.15, -0.1) is 0 Å². The van der Waals surface area contributed by atoms with Crippen LogP contribution in [0.5, 0.6) is 0 Å². The number of ether oxygens (including phenoxy) is 1. The molecule has 1 amide bonds. The Bertz CT molecular complexity index is 427. The summed E-state index contributed by atoms with van der Waals surface area (Å²) < 4.78 is 5.23. The SMILES string of the molecule is COCCN1C(C)CN(C(=NCC(=O)N(C)C)NCC(C)C)CC1C. The van der Waals surface area contributed by atoms with E-state index in [2.05, 4.69) is 47.8 Å². The first-order valence-corrected chi connectivity index (χ1v) is 9.24. The minimum absolute atomic E-state index is 0.0173. The zero-order valence-corrected chi connectivity index (χ0v) is 17.1. The molecular weight excluding hydrogens is 318 g/mol. The number of rotatable bonds is 7. The van der Waals surface area contributed by atoms with E-state index in [1.54, 1.807) is 26.1 Å². The lowest BCUT2D eigenvalue weighted by molar-refractivity contribution is -0.127. The van der Waals surface area contributed by atoms with Gasteiger partial charge in [0.05, 0.1) is 6.61 Å². The van der Waals surface area contributed by atoms with Crippen molar-refractivity contribution in [2.24, 2.45) is 10.9 Å². The number of methoxy groups -OCH3 is 1. The molecule has 25 heavy (non-hydrogen) atoms. The van der Waals surface area contributed by atoms with Crippen molar-refractivity contribution < 1.29 is 9.53 Å². The maximum absolute atomic E-state index is 11.9. The molecule has 0 bridgehead atoms. The van der Waals surface area contributed by atoms with E-state index in [4.69, 9.17) is 4.74 Å². The lowest BCUT2D eigenvalue weighted by atomic mass is 10.1. The van der Waals surface area contributed by atoms with Crippen molar-refractivity contribution in [1.82, 2.24) is 20.0 Å². The second-order valence-corrected chi connectivity index (χ2v) is 7.54. The van der Waals surface area contributed by atoms with E-state index in [0.717, 1.165) is 38.7 Å². The van der Waals surface area contributed by atoms with Crippen molar-refractivity contribution in [1.29, 1.82) is 0 Å². The number of aliphatic imine (C=N–C) groups is 1. The summed E-state index contributed by atoms with van der Waals surface area (Å²) in [5.41, 5.74) is 0. The Balaban J connectivity index is 2.80. The Kier molecular flexibility index (Phi) is 9.21. The van der Waals surface area contributed by atoms with Crippen LogP contribution in [0.4, 0.5) is 0 Å². The largest absolute Gasteiger partial charge is 0.383 e. The van der Waals surface area contributed by atoms with Crippen LogP contribution in [0.25, 0.3) is 0 Å². The normalized spacial score (nSPS) is 22.4. The van der Waals surface area contributed by atoms with E-state index in [9.17, 15) is 4.79 Å². The third-order valence-electron chi connectivity index (χ3n) is 4.49. The summed E-state index contributed by atoms with van der Waals surface area (Å²) in [7, 11) is 5.27. The zero-order valence-electron chi connectivity index (χ0n) is 17.1. The summed E-state index contributed by atoms with van der Waals surface area (Å²) in [5.74, 6) is 1.38. The van der Waals surface area contributed by atoms with Crippen molar-refractivity contribution in [3.8, 4) is 0 Å². The molecule has 0 aromatic carbocycles. The molecule has 0 aromatic heterocycles. The van der Waals surface area contributed by atoms with Gasteiger partial charge in [-0.1, -0.05) is 13.8 Å². The molecule has 1 aliphatic rings. The Morgan fingerprint density at radius 3 is 2.36 bits per heavy atom. The van der Waals surface area contributed by atoms with Crippen molar-refractivity contribution in [2.75, 3.05) is 60.5 Å². The topological polar surface area (TPSA) is 60.4 Å².